The molecule has 1 saturated carbocycles. The van der Waals surface area contributed by atoms with Crippen molar-refractivity contribution in [2.24, 2.45) is 0 Å². The van der Waals surface area contributed by atoms with Crippen LogP contribution in [0.2, 0.25) is 5.02 Å². The van der Waals surface area contributed by atoms with Gasteiger partial charge in [0, 0.05) is 18.7 Å². The van der Waals surface area contributed by atoms with Crippen molar-refractivity contribution in [2.45, 2.75) is 18.9 Å². The van der Waals surface area contributed by atoms with Gasteiger partial charge in [0.15, 0.2) is 5.82 Å². The number of hydrogen-bond donors (Lipinski definition) is 2. The van der Waals surface area contributed by atoms with Gasteiger partial charge < -0.3 is 5.32 Å². The van der Waals surface area contributed by atoms with Gasteiger partial charge in [0.05, 0.1) is 10.8 Å². The van der Waals surface area contributed by atoms with Crippen LogP contribution in [-0.2, 0) is 10.0 Å². The molecule has 0 radical (unpaired) electrons. The molecular formula is C11H13ClF2N2O2S. The minimum atomic E-state index is -3.72. The van der Waals surface area contributed by atoms with Crippen LogP contribution in [0.15, 0.2) is 12.1 Å². The second-order valence-corrected chi connectivity index (χ2v) is 6.64. The van der Waals surface area contributed by atoms with Crippen LogP contribution in [0.25, 0.3) is 0 Å². The number of anilines is 1. The number of nitrogens with one attached hydrogen (secondary N) is 2. The second kappa shape index (κ2) is 5.60. The molecule has 1 aliphatic carbocycles. The molecule has 0 amide bonds. The highest BCUT2D eigenvalue weighted by molar-refractivity contribution is 7.92. The van der Waals surface area contributed by atoms with Gasteiger partial charge in [-0.2, -0.15) is 0 Å². The molecule has 1 aromatic rings. The summed E-state index contributed by atoms with van der Waals surface area (Å²) in [6.45, 7) is 0.278. The van der Waals surface area contributed by atoms with E-state index in [4.69, 9.17) is 11.6 Å². The predicted octanol–water partition coefficient (Wildman–Crippen LogP) is 2.11. The zero-order valence-corrected chi connectivity index (χ0v) is 11.5. The van der Waals surface area contributed by atoms with Crippen LogP contribution in [0.3, 0.4) is 0 Å². The molecule has 0 atom stereocenters. The Morgan fingerprint density at radius 1 is 1.32 bits per heavy atom. The molecule has 2 N–H and O–H groups in total. The van der Waals surface area contributed by atoms with Crippen molar-refractivity contribution < 1.29 is 17.2 Å². The third-order valence-corrected chi connectivity index (χ3v) is 4.20. The standard InChI is InChI=1S/C11H13ClF2N2O2S/c12-9-5-7(13)6-10(14)11(9)16-19(17,18)4-3-15-8-1-2-8/h5-6,8,15-16H,1-4H2. The Labute approximate surface area is 115 Å². The Hall–Kier alpha value is -0.920. The molecule has 19 heavy (non-hydrogen) atoms. The minimum absolute atomic E-state index is 0.198. The summed E-state index contributed by atoms with van der Waals surface area (Å²) in [5.74, 6) is -2.10. The first-order valence-corrected chi connectivity index (χ1v) is 7.79. The smallest absolute Gasteiger partial charge is 0.234 e. The van der Waals surface area contributed by atoms with Gasteiger partial charge in [0.2, 0.25) is 10.0 Å². The third-order valence-electron chi connectivity index (χ3n) is 2.65. The molecule has 0 aromatic heterocycles. The molecule has 0 spiro atoms. The Morgan fingerprint density at radius 2 is 2.00 bits per heavy atom. The summed E-state index contributed by atoms with van der Waals surface area (Å²) in [4.78, 5) is 0. The highest BCUT2D eigenvalue weighted by Gasteiger charge is 2.22. The summed E-state index contributed by atoms with van der Waals surface area (Å²) in [5.41, 5.74) is -0.422. The second-order valence-electron chi connectivity index (χ2n) is 4.39. The summed E-state index contributed by atoms with van der Waals surface area (Å²) in [7, 11) is -3.72. The van der Waals surface area contributed by atoms with Gasteiger partial charge in [-0.1, -0.05) is 11.6 Å². The van der Waals surface area contributed by atoms with Crippen LogP contribution in [-0.4, -0.2) is 26.8 Å². The van der Waals surface area contributed by atoms with Crippen LogP contribution < -0.4 is 10.0 Å². The maximum atomic E-state index is 13.4. The Morgan fingerprint density at radius 3 is 2.58 bits per heavy atom. The molecule has 4 nitrogen and oxygen atoms in total. The number of halogens is 3. The molecule has 1 aliphatic rings. The van der Waals surface area contributed by atoms with Crippen molar-refractivity contribution in [1.29, 1.82) is 0 Å². The van der Waals surface area contributed by atoms with Crippen molar-refractivity contribution in [3.8, 4) is 0 Å². The van der Waals surface area contributed by atoms with E-state index in [-0.39, 0.29) is 17.3 Å². The average molecular weight is 311 g/mol. The first-order valence-electron chi connectivity index (χ1n) is 5.76. The van der Waals surface area contributed by atoms with Crippen molar-refractivity contribution in [2.75, 3.05) is 17.0 Å². The van der Waals surface area contributed by atoms with E-state index in [1.54, 1.807) is 0 Å². The molecule has 0 bridgehead atoms. The fourth-order valence-corrected chi connectivity index (χ4v) is 2.84. The summed E-state index contributed by atoms with van der Waals surface area (Å²) < 4.78 is 51.7. The number of sulfonamides is 1. The fourth-order valence-electron chi connectivity index (χ4n) is 1.53. The van der Waals surface area contributed by atoms with Gasteiger partial charge in [0.25, 0.3) is 0 Å². The Kier molecular flexibility index (Phi) is 4.27. The van der Waals surface area contributed by atoms with Crippen molar-refractivity contribution in [1.82, 2.24) is 5.32 Å². The lowest BCUT2D eigenvalue weighted by Crippen LogP contribution is -2.28. The van der Waals surface area contributed by atoms with Crippen LogP contribution >= 0.6 is 11.6 Å². The normalized spacial score (nSPS) is 15.5. The van der Waals surface area contributed by atoms with E-state index in [0.29, 0.717) is 12.1 Å². The molecule has 8 heteroatoms. The van der Waals surface area contributed by atoms with Crippen molar-refractivity contribution in [3.63, 3.8) is 0 Å². The topological polar surface area (TPSA) is 58.2 Å². The van der Waals surface area contributed by atoms with E-state index in [0.717, 1.165) is 18.9 Å². The maximum Gasteiger partial charge on any atom is 0.234 e. The van der Waals surface area contributed by atoms with Gasteiger partial charge in [0.1, 0.15) is 11.5 Å². The lowest BCUT2D eigenvalue weighted by molar-refractivity contribution is 0.581. The molecule has 106 valence electrons. The summed E-state index contributed by atoms with van der Waals surface area (Å²) >= 11 is 5.61. The number of rotatable bonds is 6. The van der Waals surface area contributed by atoms with E-state index < -0.39 is 27.3 Å². The largest absolute Gasteiger partial charge is 0.313 e. The first-order chi connectivity index (χ1) is 8.87. The van der Waals surface area contributed by atoms with Gasteiger partial charge in [-0.3, -0.25) is 4.72 Å². The lowest BCUT2D eigenvalue weighted by atomic mass is 10.3. The minimum Gasteiger partial charge on any atom is -0.313 e. The monoisotopic (exact) mass is 310 g/mol. The lowest BCUT2D eigenvalue weighted by Gasteiger charge is -2.11. The highest BCUT2D eigenvalue weighted by atomic mass is 35.5. The van der Waals surface area contributed by atoms with E-state index in [9.17, 15) is 17.2 Å². The molecule has 0 heterocycles. The first kappa shape index (κ1) is 14.5. The summed E-state index contributed by atoms with van der Waals surface area (Å²) in [6.07, 6.45) is 2.10. The molecule has 0 aliphatic heterocycles. The number of hydrogen-bond acceptors (Lipinski definition) is 3. The SMILES string of the molecule is O=S(=O)(CCNC1CC1)Nc1c(F)cc(F)cc1Cl. The zero-order chi connectivity index (χ0) is 14.0. The molecule has 1 aromatic carbocycles. The van der Waals surface area contributed by atoms with E-state index >= 15 is 0 Å². The van der Waals surface area contributed by atoms with Crippen LogP contribution in [0.4, 0.5) is 14.5 Å². The zero-order valence-electron chi connectivity index (χ0n) is 9.92. The van der Waals surface area contributed by atoms with E-state index in [2.05, 4.69) is 5.32 Å². The molecule has 2 rings (SSSR count). The third kappa shape index (κ3) is 4.29. The maximum absolute atomic E-state index is 13.4. The van der Waals surface area contributed by atoms with Gasteiger partial charge in [-0.25, -0.2) is 17.2 Å². The predicted molar refractivity (Wildman–Crippen MR) is 69.8 cm³/mol. The summed E-state index contributed by atoms with van der Waals surface area (Å²) in [6, 6.07) is 1.82. The Bertz CT molecular complexity index is 553. The van der Waals surface area contributed by atoms with Crippen molar-refractivity contribution in [3.05, 3.63) is 28.8 Å². The average Bonchev–Trinajstić information content (AvgIpc) is 3.07. The summed E-state index contributed by atoms with van der Waals surface area (Å²) in [5, 5.41) is 2.72. The van der Waals surface area contributed by atoms with Gasteiger partial charge >= 0.3 is 0 Å². The molecular weight excluding hydrogens is 298 g/mol. The van der Waals surface area contributed by atoms with Gasteiger partial charge in [-0.05, 0) is 18.9 Å². The quantitative estimate of drug-likeness (QED) is 0.846. The van der Waals surface area contributed by atoms with Crippen molar-refractivity contribution >= 4 is 27.3 Å². The number of benzene rings is 1. The Balaban J connectivity index is 2.02. The van der Waals surface area contributed by atoms with Crippen LogP contribution in [0.1, 0.15) is 12.8 Å². The highest BCUT2D eigenvalue weighted by Crippen LogP contribution is 2.27. The molecule has 0 saturated heterocycles. The fraction of sp³-hybridized carbons (Fsp3) is 0.455. The van der Waals surface area contributed by atoms with Crippen LogP contribution in [0, 0.1) is 11.6 Å². The van der Waals surface area contributed by atoms with Gasteiger partial charge in [-0.15, -0.1) is 0 Å². The van der Waals surface area contributed by atoms with Crippen LogP contribution in [0.5, 0.6) is 0 Å². The molecule has 0 unspecified atom stereocenters. The van der Waals surface area contributed by atoms with E-state index in [1.807, 2.05) is 4.72 Å². The molecule has 1 fully saturated rings. The van der Waals surface area contributed by atoms with E-state index in [1.165, 1.54) is 0 Å².